The minimum atomic E-state index is -1.92. The number of ether oxygens (including phenoxy) is 4. The van der Waals surface area contributed by atoms with E-state index in [0.717, 1.165) is 6.07 Å². The summed E-state index contributed by atoms with van der Waals surface area (Å²) in [5.74, 6) is -2.19. The number of benzene rings is 2. The molecule has 3 aliphatic rings. The van der Waals surface area contributed by atoms with E-state index in [4.69, 9.17) is 18.9 Å². The predicted octanol–water partition coefficient (Wildman–Crippen LogP) is -2.15. The van der Waals surface area contributed by atoms with E-state index < -0.39 is 97.8 Å². The van der Waals surface area contributed by atoms with Crippen molar-refractivity contribution in [2.45, 2.75) is 73.8 Å². The largest absolute Gasteiger partial charge is 0.508 e. The van der Waals surface area contributed by atoms with Crippen LogP contribution in [0.3, 0.4) is 0 Å². The van der Waals surface area contributed by atoms with Crippen LogP contribution in [0.4, 0.5) is 0 Å². The number of phenolic OH excluding ortho intramolecular Hbond substituents is 3. The number of fused-ring (bicyclic) bond motifs is 1. The maximum Gasteiger partial charge on any atom is 0.187 e. The van der Waals surface area contributed by atoms with Crippen LogP contribution < -0.4 is 4.74 Å². The number of hydrogen-bond donors (Lipinski definition) is 10. The zero-order valence-electron chi connectivity index (χ0n) is 21.9. The van der Waals surface area contributed by atoms with Crippen LogP contribution in [-0.2, 0) is 14.2 Å². The number of phenols is 3. The molecule has 5 rings (SSSR count). The van der Waals surface area contributed by atoms with E-state index in [2.05, 4.69) is 0 Å². The molecule has 2 saturated heterocycles. The average Bonchev–Trinajstić information content (AvgIpc) is 2.96. The van der Waals surface area contributed by atoms with Gasteiger partial charge in [-0.1, -0.05) is 12.1 Å². The first-order valence-corrected chi connectivity index (χ1v) is 13.1. The molecule has 1 unspecified atom stereocenters. The lowest BCUT2D eigenvalue weighted by molar-refractivity contribution is -0.342. The number of aromatic hydroxyl groups is 3. The molecular weight excluding hydrogens is 564 g/mol. The molecule has 42 heavy (non-hydrogen) atoms. The lowest BCUT2D eigenvalue weighted by Crippen LogP contribution is -2.63. The van der Waals surface area contributed by atoms with Gasteiger partial charge in [-0.05, 0) is 17.7 Å². The van der Waals surface area contributed by atoms with E-state index >= 15 is 0 Å². The fourth-order valence-corrected chi connectivity index (χ4v) is 5.47. The van der Waals surface area contributed by atoms with Crippen LogP contribution in [0.15, 0.2) is 30.3 Å². The van der Waals surface area contributed by atoms with Crippen molar-refractivity contribution >= 4 is 5.78 Å². The normalized spacial score (nSPS) is 36.7. The quantitative estimate of drug-likeness (QED) is 0.171. The predicted molar refractivity (Wildman–Crippen MR) is 136 cm³/mol. The highest BCUT2D eigenvalue weighted by Gasteiger charge is 2.52. The summed E-state index contributed by atoms with van der Waals surface area (Å²) in [6.07, 6.45) is -18.1. The van der Waals surface area contributed by atoms with E-state index in [0.29, 0.717) is 5.56 Å². The van der Waals surface area contributed by atoms with Crippen molar-refractivity contribution in [3.8, 4) is 23.0 Å². The molecule has 15 heteroatoms. The summed E-state index contributed by atoms with van der Waals surface area (Å²) in [6, 6.07) is 6.64. The van der Waals surface area contributed by atoms with Crippen LogP contribution in [0.1, 0.15) is 40.1 Å². The Morgan fingerprint density at radius 2 is 1.45 bits per heavy atom. The summed E-state index contributed by atoms with van der Waals surface area (Å²) >= 11 is 0. The molecular formula is C27H32O15. The lowest BCUT2D eigenvalue weighted by atomic mass is 9.86. The summed E-state index contributed by atoms with van der Waals surface area (Å²) < 4.78 is 22.7. The zero-order chi connectivity index (χ0) is 30.5. The highest BCUT2D eigenvalue weighted by molar-refractivity contribution is 6.03. The van der Waals surface area contributed by atoms with E-state index in [9.17, 15) is 55.9 Å². The molecule has 2 aromatic rings. The molecule has 11 atom stereocenters. The molecule has 0 aromatic heterocycles. The topological polar surface area (TPSA) is 256 Å². The maximum atomic E-state index is 13.1. The van der Waals surface area contributed by atoms with Crippen molar-refractivity contribution in [2.24, 2.45) is 0 Å². The van der Waals surface area contributed by atoms with Gasteiger partial charge in [0.25, 0.3) is 0 Å². The van der Waals surface area contributed by atoms with E-state index in [1.807, 2.05) is 0 Å². The Morgan fingerprint density at radius 1 is 0.786 bits per heavy atom. The van der Waals surface area contributed by atoms with Crippen molar-refractivity contribution in [1.82, 2.24) is 0 Å². The van der Waals surface area contributed by atoms with Gasteiger partial charge in [-0.2, -0.15) is 0 Å². The molecule has 2 aromatic carbocycles. The maximum absolute atomic E-state index is 13.1. The Hall–Kier alpha value is -3.09. The average molecular weight is 597 g/mol. The number of ketones is 1. The molecule has 0 spiro atoms. The van der Waals surface area contributed by atoms with Crippen LogP contribution in [0.25, 0.3) is 0 Å². The number of rotatable bonds is 6. The van der Waals surface area contributed by atoms with Gasteiger partial charge in [-0.3, -0.25) is 4.79 Å². The fraction of sp³-hybridized carbons (Fsp3) is 0.519. The van der Waals surface area contributed by atoms with Crippen molar-refractivity contribution < 1.29 is 74.8 Å². The summed E-state index contributed by atoms with van der Waals surface area (Å²) in [6.45, 7) is -1.59. The third-order valence-electron chi connectivity index (χ3n) is 7.74. The van der Waals surface area contributed by atoms with Crippen LogP contribution in [-0.4, -0.2) is 125 Å². The van der Waals surface area contributed by atoms with Gasteiger partial charge in [0.05, 0.1) is 25.2 Å². The van der Waals surface area contributed by atoms with Crippen molar-refractivity contribution in [3.63, 3.8) is 0 Å². The smallest absolute Gasteiger partial charge is 0.187 e. The molecule has 230 valence electrons. The number of aliphatic hydroxyl groups is 7. The van der Waals surface area contributed by atoms with Gasteiger partial charge in [0, 0.05) is 6.07 Å². The standard InChI is InChI=1S/C27H32O15/c28-7-15-19(34)20(35)23(38)27(41-15)42-24-16(8-29)40-26(22(37)21(24)36)18-12(32)5-11(31)17-13(33)6-14(39-25(17)18)9-1-3-10(30)4-2-9/h1-5,14-16,19-24,26-32,34-38H,6-8H2/t14?,15-,16-,19+,20+,21-,22-,23-,24-,26+,27+/m1/s1. The zero-order valence-corrected chi connectivity index (χ0v) is 21.9. The number of aliphatic hydroxyl groups excluding tert-OH is 7. The van der Waals surface area contributed by atoms with E-state index in [1.54, 1.807) is 0 Å². The Morgan fingerprint density at radius 3 is 2.10 bits per heavy atom. The molecule has 0 aliphatic carbocycles. The summed E-state index contributed by atoms with van der Waals surface area (Å²) in [7, 11) is 0. The van der Waals surface area contributed by atoms with E-state index in [-0.39, 0.29) is 29.0 Å². The second-order valence-electron chi connectivity index (χ2n) is 10.4. The van der Waals surface area contributed by atoms with Crippen LogP contribution in [0.5, 0.6) is 23.0 Å². The molecule has 2 fully saturated rings. The van der Waals surface area contributed by atoms with Crippen LogP contribution in [0.2, 0.25) is 0 Å². The molecule has 3 heterocycles. The van der Waals surface area contributed by atoms with Gasteiger partial charge in [0.2, 0.25) is 0 Å². The molecule has 3 aliphatic heterocycles. The Labute approximate surface area is 238 Å². The first-order chi connectivity index (χ1) is 20.0. The lowest BCUT2D eigenvalue weighted by Gasteiger charge is -2.46. The second-order valence-corrected chi connectivity index (χ2v) is 10.4. The Kier molecular flexibility index (Phi) is 8.60. The number of hydrogen-bond acceptors (Lipinski definition) is 15. The highest BCUT2D eigenvalue weighted by atomic mass is 16.7. The van der Waals surface area contributed by atoms with Gasteiger partial charge >= 0.3 is 0 Å². The summed E-state index contributed by atoms with van der Waals surface area (Å²) in [5, 5.41) is 103. The van der Waals surface area contributed by atoms with Crippen LogP contribution >= 0.6 is 0 Å². The molecule has 10 N–H and O–H groups in total. The second kappa shape index (κ2) is 11.9. The van der Waals surface area contributed by atoms with Crippen molar-refractivity contribution in [2.75, 3.05) is 13.2 Å². The molecule has 0 radical (unpaired) electrons. The Balaban J connectivity index is 1.46. The van der Waals surface area contributed by atoms with Crippen molar-refractivity contribution in [1.29, 1.82) is 0 Å². The molecule has 0 saturated carbocycles. The number of Topliss-reactive ketones (excluding diaryl/α,β-unsaturated/α-hetero) is 1. The number of carbonyl (C=O) groups is 1. The monoisotopic (exact) mass is 596 g/mol. The third-order valence-corrected chi connectivity index (χ3v) is 7.74. The minimum absolute atomic E-state index is 0.0273. The van der Waals surface area contributed by atoms with Gasteiger partial charge in [-0.25, -0.2) is 0 Å². The van der Waals surface area contributed by atoms with E-state index in [1.165, 1.54) is 24.3 Å². The SMILES string of the molecule is O=C1CC(c2ccc(O)cc2)Oc2c1c(O)cc(O)c2[C@@H]1O[C@H](CO)[C@@H](O[C@@H]2O[C@H](CO)[C@H](O)[C@H](O)[C@H]2O)[C@H](O)[C@H]1O. The van der Waals surface area contributed by atoms with Gasteiger partial charge in [0.15, 0.2) is 12.1 Å². The van der Waals surface area contributed by atoms with Crippen LogP contribution in [0, 0.1) is 0 Å². The first-order valence-electron chi connectivity index (χ1n) is 13.1. The highest BCUT2D eigenvalue weighted by Crippen LogP contribution is 2.50. The van der Waals surface area contributed by atoms with Gasteiger partial charge in [0.1, 0.15) is 89.6 Å². The molecule has 15 nitrogen and oxygen atoms in total. The summed E-state index contributed by atoms with van der Waals surface area (Å²) in [4.78, 5) is 13.1. The van der Waals surface area contributed by atoms with Gasteiger partial charge < -0.3 is 70.0 Å². The van der Waals surface area contributed by atoms with Crippen molar-refractivity contribution in [3.05, 3.63) is 47.0 Å². The number of carbonyl (C=O) groups excluding carboxylic acids is 1. The first kappa shape index (κ1) is 30.4. The molecule has 0 bridgehead atoms. The summed E-state index contributed by atoms with van der Waals surface area (Å²) in [5.41, 5.74) is -0.133. The minimum Gasteiger partial charge on any atom is -0.508 e. The molecule has 0 amide bonds. The Bertz CT molecular complexity index is 1280. The van der Waals surface area contributed by atoms with Gasteiger partial charge in [-0.15, -0.1) is 0 Å². The fourth-order valence-electron chi connectivity index (χ4n) is 5.47. The third kappa shape index (κ3) is 5.28.